The van der Waals surface area contributed by atoms with Crippen molar-refractivity contribution in [1.29, 1.82) is 0 Å². The van der Waals surface area contributed by atoms with Crippen LogP contribution in [0, 0.1) is 16.0 Å². The Hall–Kier alpha value is -1.40. The van der Waals surface area contributed by atoms with Crippen molar-refractivity contribution >= 4 is 23.1 Å². The highest BCUT2D eigenvalue weighted by molar-refractivity contribution is 6.33. The Bertz CT molecular complexity index is 463. The third kappa shape index (κ3) is 2.70. The number of nitro groups is 1. The van der Waals surface area contributed by atoms with Gasteiger partial charge in [-0.2, -0.15) is 0 Å². The van der Waals surface area contributed by atoms with E-state index >= 15 is 0 Å². The van der Waals surface area contributed by atoms with Crippen LogP contribution in [0.1, 0.15) is 12.8 Å². The third-order valence-corrected chi connectivity index (χ3v) is 3.40. The van der Waals surface area contributed by atoms with Crippen LogP contribution < -0.4 is 4.90 Å². The maximum absolute atomic E-state index is 10.6. The molecule has 0 bridgehead atoms. The van der Waals surface area contributed by atoms with Gasteiger partial charge in [0.15, 0.2) is 0 Å². The van der Waals surface area contributed by atoms with E-state index in [-0.39, 0.29) is 16.8 Å². The van der Waals surface area contributed by atoms with Gasteiger partial charge in [0.2, 0.25) is 0 Å². The molecule has 1 N–H and O–H groups in total. The van der Waals surface area contributed by atoms with E-state index in [2.05, 4.69) is 4.98 Å². The van der Waals surface area contributed by atoms with Crippen molar-refractivity contribution in [3.8, 4) is 0 Å². The van der Waals surface area contributed by atoms with Crippen LogP contribution in [-0.2, 0) is 0 Å². The van der Waals surface area contributed by atoms with Gasteiger partial charge in [-0.3, -0.25) is 10.1 Å². The van der Waals surface area contributed by atoms with Crippen LogP contribution in [0.3, 0.4) is 0 Å². The zero-order valence-electron chi connectivity index (χ0n) is 9.91. The minimum absolute atomic E-state index is 0.115. The molecular weight excluding hydrogens is 258 g/mol. The number of halogens is 1. The Morgan fingerprint density at radius 2 is 2.33 bits per heavy atom. The molecule has 0 aromatic carbocycles. The van der Waals surface area contributed by atoms with E-state index in [1.807, 2.05) is 11.9 Å². The first-order valence-electron chi connectivity index (χ1n) is 5.66. The summed E-state index contributed by atoms with van der Waals surface area (Å²) >= 11 is 5.98. The molecule has 1 aromatic heterocycles. The van der Waals surface area contributed by atoms with Crippen molar-refractivity contribution in [2.24, 2.45) is 5.92 Å². The Labute approximate surface area is 109 Å². The van der Waals surface area contributed by atoms with Gasteiger partial charge < -0.3 is 10.0 Å². The van der Waals surface area contributed by atoms with Gasteiger partial charge in [-0.05, 0) is 18.8 Å². The summed E-state index contributed by atoms with van der Waals surface area (Å²) in [7, 11) is 1.84. The highest BCUT2D eigenvalue weighted by Gasteiger charge is 2.28. The van der Waals surface area contributed by atoms with Crippen LogP contribution in [0.2, 0.25) is 5.02 Å². The van der Waals surface area contributed by atoms with Crippen molar-refractivity contribution in [2.45, 2.75) is 18.9 Å². The van der Waals surface area contributed by atoms with E-state index in [1.165, 1.54) is 12.3 Å². The summed E-state index contributed by atoms with van der Waals surface area (Å²) in [5.41, 5.74) is -0.115. The number of nitrogens with zero attached hydrogens (tertiary/aromatic N) is 3. The van der Waals surface area contributed by atoms with Gasteiger partial charge in [0, 0.05) is 19.7 Å². The molecule has 98 valence electrons. The number of pyridine rings is 1. The Morgan fingerprint density at radius 3 is 2.83 bits per heavy atom. The summed E-state index contributed by atoms with van der Waals surface area (Å²) < 4.78 is 0. The van der Waals surface area contributed by atoms with Gasteiger partial charge in [0.05, 0.1) is 16.0 Å². The first-order valence-corrected chi connectivity index (χ1v) is 6.04. The van der Waals surface area contributed by atoms with E-state index in [1.54, 1.807) is 0 Å². The number of aromatic nitrogens is 1. The number of rotatable bonds is 4. The van der Waals surface area contributed by atoms with Gasteiger partial charge >= 0.3 is 0 Å². The van der Waals surface area contributed by atoms with Gasteiger partial charge in [0.1, 0.15) is 12.0 Å². The molecular formula is C11H14ClN3O3. The lowest BCUT2D eigenvalue weighted by molar-refractivity contribution is -0.385. The normalized spacial score (nSPS) is 22.4. The highest BCUT2D eigenvalue weighted by Crippen LogP contribution is 2.31. The number of aliphatic hydroxyl groups excluding tert-OH is 1. The number of hydrogen-bond donors (Lipinski definition) is 1. The quantitative estimate of drug-likeness (QED) is 0.668. The molecule has 0 radical (unpaired) electrons. The Kier molecular flexibility index (Phi) is 3.68. The molecule has 0 atom stereocenters. The van der Waals surface area contributed by atoms with E-state index in [4.69, 9.17) is 11.6 Å². The van der Waals surface area contributed by atoms with Crippen LogP contribution in [0.5, 0.6) is 0 Å². The Balaban J connectivity index is 2.05. The third-order valence-electron chi connectivity index (χ3n) is 3.12. The van der Waals surface area contributed by atoms with Crippen molar-refractivity contribution in [3.05, 3.63) is 27.4 Å². The molecule has 1 fully saturated rings. The van der Waals surface area contributed by atoms with Crippen LogP contribution in [0.25, 0.3) is 0 Å². The molecule has 1 aliphatic rings. The first kappa shape index (κ1) is 13.0. The molecule has 0 saturated heterocycles. The molecule has 0 aliphatic heterocycles. The predicted octanol–water partition coefficient (Wildman–Crippen LogP) is 1.85. The summed E-state index contributed by atoms with van der Waals surface area (Å²) in [5.74, 6) is 0.960. The van der Waals surface area contributed by atoms with Crippen LogP contribution in [0.4, 0.5) is 11.5 Å². The number of aliphatic hydroxyl groups is 1. The van der Waals surface area contributed by atoms with Crippen molar-refractivity contribution in [3.63, 3.8) is 0 Å². The SMILES string of the molecule is CN(CC1CC(O)C1)c1ncc([N+](=O)[O-])cc1Cl. The molecule has 0 spiro atoms. The second-order valence-electron chi connectivity index (χ2n) is 4.63. The van der Waals surface area contributed by atoms with Crippen molar-refractivity contribution in [2.75, 3.05) is 18.5 Å². The molecule has 2 rings (SSSR count). The van der Waals surface area contributed by atoms with E-state index in [9.17, 15) is 15.2 Å². The van der Waals surface area contributed by atoms with E-state index in [0.717, 1.165) is 19.4 Å². The van der Waals surface area contributed by atoms with E-state index in [0.29, 0.717) is 11.7 Å². The lowest BCUT2D eigenvalue weighted by atomic mass is 9.82. The number of anilines is 1. The van der Waals surface area contributed by atoms with Crippen LogP contribution in [0.15, 0.2) is 12.3 Å². The summed E-state index contributed by atoms with van der Waals surface area (Å²) in [6, 6.07) is 1.30. The molecule has 1 saturated carbocycles. The summed E-state index contributed by atoms with van der Waals surface area (Å²) in [6.45, 7) is 0.738. The Morgan fingerprint density at radius 1 is 1.67 bits per heavy atom. The fraction of sp³-hybridized carbons (Fsp3) is 0.545. The van der Waals surface area contributed by atoms with E-state index < -0.39 is 4.92 Å². The standard InChI is InChI=1S/C11H14ClN3O3/c1-14(6-7-2-9(16)3-7)11-10(12)4-8(5-13-11)15(17)18/h4-5,7,9,16H,2-3,6H2,1H3. The maximum Gasteiger partial charge on any atom is 0.289 e. The summed E-state index contributed by atoms with van der Waals surface area (Å²) in [5, 5.41) is 20.1. The van der Waals surface area contributed by atoms with Crippen LogP contribution in [-0.4, -0.2) is 34.7 Å². The smallest absolute Gasteiger partial charge is 0.289 e. The van der Waals surface area contributed by atoms with Crippen molar-refractivity contribution < 1.29 is 10.0 Å². The lowest BCUT2D eigenvalue weighted by Gasteiger charge is -2.34. The second kappa shape index (κ2) is 5.07. The zero-order valence-corrected chi connectivity index (χ0v) is 10.7. The molecule has 18 heavy (non-hydrogen) atoms. The average Bonchev–Trinajstić information content (AvgIpc) is 2.26. The van der Waals surface area contributed by atoms with Crippen molar-refractivity contribution in [1.82, 2.24) is 4.98 Å². The summed E-state index contributed by atoms with van der Waals surface area (Å²) in [6.07, 6.45) is 2.58. The van der Waals surface area contributed by atoms with Crippen LogP contribution >= 0.6 is 11.6 Å². The minimum atomic E-state index is -0.523. The van der Waals surface area contributed by atoms with Gasteiger partial charge in [0.25, 0.3) is 5.69 Å². The summed E-state index contributed by atoms with van der Waals surface area (Å²) in [4.78, 5) is 15.9. The molecule has 1 heterocycles. The predicted molar refractivity (Wildman–Crippen MR) is 67.9 cm³/mol. The van der Waals surface area contributed by atoms with Gasteiger partial charge in [-0.25, -0.2) is 4.98 Å². The monoisotopic (exact) mass is 271 g/mol. The minimum Gasteiger partial charge on any atom is -0.393 e. The first-order chi connectivity index (χ1) is 8.47. The molecule has 0 amide bonds. The fourth-order valence-electron chi connectivity index (χ4n) is 2.12. The largest absolute Gasteiger partial charge is 0.393 e. The topological polar surface area (TPSA) is 79.5 Å². The maximum atomic E-state index is 10.6. The number of hydrogen-bond acceptors (Lipinski definition) is 5. The average molecular weight is 272 g/mol. The molecule has 6 nitrogen and oxygen atoms in total. The highest BCUT2D eigenvalue weighted by atomic mass is 35.5. The van der Waals surface area contributed by atoms with Gasteiger partial charge in [-0.15, -0.1) is 0 Å². The molecule has 1 aliphatic carbocycles. The lowest BCUT2D eigenvalue weighted by Crippen LogP contribution is -2.37. The zero-order chi connectivity index (χ0) is 13.3. The fourth-order valence-corrected chi connectivity index (χ4v) is 2.43. The molecule has 7 heteroatoms. The molecule has 0 unspecified atom stereocenters. The van der Waals surface area contributed by atoms with Gasteiger partial charge in [-0.1, -0.05) is 11.6 Å². The second-order valence-corrected chi connectivity index (χ2v) is 5.04. The molecule has 1 aromatic rings.